The normalized spacial score (nSPS) is 15.6. The van der Waals surface area contributed by atoms with Gasteiger partial charge in [0.15, 0.2) is 0 Å². The van der Waals surface area contributed by atoms with E-state index in [1.807, 2.05) is 0 Å². The number of carbonyl (C=O) groups is 1. The lowest BCUT2D eigenvalue weighted by Gasteiger charge is -2.12. The van der Waals surface area contributed by atoms with Gasteiger partial charge in [-0.25, -0.2) is 0 Å². The third-order valence-electron chi connectivity index (χ3n) is 6.11. The van der Waals surface area contributed by atoms with E-state index in [9.17, 15) is 23.4 Å². The minimum Gasteiger partial charge on any atom is -0.392 e. The van der Waals surface area contributed by atoms with Crippen LogP contribution in [0.5, 0.6) is 0 Å². The van der Waals surface area contributed by atoms with Gasteiger partial charge in [-0.05, 0) is 25.7 Å². The zero-order chi connectivity index (χ0) is 25.2. The van der Waals surface area contributed by atoms with E-state index in [0.29, 0.717) is 38.3 Å². The molecular weight excluding hydrogens is 456 g/mol. The summed E-state index contributed by atoms with van der Waals surface area (Å²) in [5.41, 5.74) is 0. The van der Waals surface area contributed by atoms with Crippen LogP contribution in [-0.4, -0.2) is 88.9 Å². The first-order valence-corrected chi connectivity index (χ1v) is 14.7. The summed E-state index contributed by atoms with van der Waals surface area (Å²) in [6, 6.07) is 0. The number of nitrogens with zero attached hydrogens (tertiary/aromatic N) is 2. The highest BCUT2D eigenvalue weighted by molar-refractivity contribution is 7.85. The van der Waals surface area contributed by atoms with Crippen molar-refractivity contribution in [3.05, 3.63) is 12.2 Å². The molecular formula is C25H47N2O6S+. The molecule has 0 saturated heterocycles. The average Bonchev–Trinajstić information content (AvgIpc) is 3.14. The van der Waals surface area contributed by atoms with Gasteiger partial charge >= 0.3 is 5.84 Å². The van der Waals surface area contributed by atoms with Crippen LogP contribution in [0.15, 0.2) is 12.2 Å². The maximum Gasteiger partial charge on any atom is 0.316 e. The van der Waals surface area contributed by atoms with E-state index in [2.05, 4.69) is 19.1 Å². The number of hydrogen-bond acceptors (Lipinski definition) is 6. The van der Waals surface area contributed by atoms with Crippen molar-refractivity contribution < 1.29 is 32.6 Å². The monoisotopic (exact) mass is 503 g/mol. The Labute approximate surface area is 206 Å². The van der Waals surface area contributed by atoms with Crippen LogP contribution < -0.4 is 0 Å². The summed E-state index contributed by atoms with van der Waals surface area (Å²) in [5.74, 6) is -0.422. The molecule has 3 N–H and O–H groups in total. The Morgan fingerprint density at radius 2 is 1.62 bits per heavy atom. The standard InChI is InChI=1S/C25H46N2O6S/c1-2-3-4-5-6-7-8-9-10-11-12-13-14-15-16-24(30)25-26(19-20-28)17-18-27(25)21-23(29)22-34(31,32)33/h12-13,23,28-29H,2-11,14-22H2,1H3/p+1/b13-12+. The summed E-state index contributed by atoms with van der Waals surface area (Å²) in [5, 5.41) is 19.3. The maximum absolute atomic E-state index is 12.9. The molecule has 0 fully saturated rings. The average molecular weight is 504 g/mol. The topological polar surface area (TPSA) is 118 Å². The van der Waals surface area contributed by atoms with Gasteiger partial charge in [0.25, 0.3) is 10.1 Å². The zero-order valence-electron chi connectivity index (χ0n) is 21.0. The first-order chi connectivity index (χ1) is 16.3. The summed E-state index contributed by atoms with van der Waals surface area (Å²) in [7, 11) is -4.30. The summed E-state index contributed by atoms with van der Waals surface area (Å²) in [6.07, 6.45) is 17.9. The Bertz CT molecular complexity index is 736. The molecule has 8 nitrogen and oxygen atoms in total. The first kappa shape index (κ1) is 30.7. The molecule has 1 unspecified atom stereocenters. The highest BCUT2D eigenvalue weighted by atomic mass is 32.2. The Morgan fingerprint density at radius 3 is 2.21 bits per heavy atom. The molecule has 1 aliphatic heterocycles. The number of aliphatic hydroxyl groups is 2. The van der Waals surface area contributed by atoms with Gasteiger partial charge in [-0.1, -0.05) is 70.4 Å². The van der Waals surface area contributed by atoms with E-state index in [1.54, 1.807) is 9.48 Å². The number of rotatable bonds is 21. The number of unbranched alkanes of at least 4 members (excludes halogenated alkanes) is 10. The molecule has 0 aliphatic carbocycles. The molecule has 0 aromatic carbocycles. The molecule has 9 heteroatoms. The fourth-order valence-electron chi connectivity index (χ4n) is 4.37. The molecule has 0 bridgehead atoms. The quantitative estimate of drug-likeness (QED) is 0.0953. The van der Waals surface area contributed by atoms with Gasteiger partial charge in [0, 0.05) is 6.42 Å². The van der Waals surface area contributed by atoms with Crippen LogP contribution in [0.1, 0.15) is 90.4 Å². The van der Waals surface area contributed by atoms with E-state index in [1.165, 1.54) is 57.8 Å². The third-order valence-corrected chi connectivity index (χ3v) is 6.91. The molecule has 34 heavy (non-hydrogen) atoms. The maximum atomic E-state index is 12.9. The second-order valence-electron chi connectivity index (χ2n) is 9.29. The molecule has 0 spiro atoms. The molecule has 1 rings (SSSR count). The number of hydrogen-bond donors (Lipinski definition) is 3. The van der Waals surface area contributed by atoms with Crippen molar-refractivity contribution in [3.8, 4) is 0 Å². The fourth-order valence-corrected chi connectivity index (χ4v) is 4.96. The van der Waals surface area contributed by atoms with Gasteiger partial charge in [-0.3, -0.25) is 18.8 Å². The number of ketones is 1. The van der Waals surface area contributed by atoms with Crippen LogP contribution in [-0.2, 0) is 14.9 Å². The molecule has 0 amide bonds. The van der Waals surface area contributed by atoms with Crippen LogP contribution >= 0.6 is 0 Å². The molecule has 0 saturated carbocycles. The zero-order valence-corrected chi connectivity index (χ0v) is 21.9. The van der Waals surface area contributed by atoms with Gasteiger partial charge < -0.3 is 10.2 Å². The van der Waals surface area contributed by atoms with E-state index < -0.39 is 22.0 Å². The van der Waals surface area contributed by atoms with Crippen LogP contribution in [0.4, 0.5) is 0 Å². The van der Waals surface area contributed by atoms with Crippen LogP contribution in [0, 0.1) is 0 Å². The Morgan fingerprint density at radius 1 is 1.03 bits per heavy atom. The highest BCUT2D eigenvalue weighted by Gasteiger charge is 2.36. The molecule has 0 radical (unpaired) electrons. The molecule has 1 heterocycles. The largest absolute Gasteiger partial charge is 0.392 e. The molecule has 0 aromatic heterocycles. The number of aliphatic hydroxyl groups excluding tert-OH is 2. The number of Topliss-reactive ketones (excluding diaryl/α,β-unsaturated/α-hetero) is 1. The van der Waals surface area contributed by atoms with Crippen LogP contribution in [0.3, 0.4) is 0 Å². The van der Waals surface area contributed by atoms with E-state index in [0.717, 1.165) is 12.8 Å². The lowest BCUT2D eigenvalue weighted by Crippen LogP contribution is -2.40. The van der Waals surface area contributed by atoms with Gasteiger partial charge in [-0.2, -0.15) is 8.42 Å². The number of β-amino-alcohol motifs (C(OH)–C–C–N with tert-alkyl or cyclic N) is 2. The van der Waals surface area contributed by atoms with Gasteiger partial charge in [-0.15, -0.1) is 0 Å². The molecule has 198 valence electrons. The molecule has 1 aliphatic rings. The predicted molar refractivity (Wildman–Crippen MR) is 136 cm³/mol. The Kier molecular flexibility index (Phi) is 16.3. The number of allylic oxidation sites excluding steroid dienone is 2. The SMILES string of the molecule is CCCCCCCCCCC/C=C/CCCC(=O)C1=[N+](CC(O)CS(=O)(=O)O)CCN1CCO. The van der Waals surface area contributed by atoms with Crippen molar-refractivity contribution in [1.29, 1.82) is 0 Å². The number of amidine groups is 1. The third kappa shape index (κ3) is 14.2. The van der Waals surface area contributed by atoms with Crippen LogP contribution in [0.2, 0.25) is 0 Å². The Balaban J connectivity index is 2.33. The summed E-state index contributed by atoms with van der Waals surface area (Å²) in [6.45, 7) is 3.39. The smallest absolute Gasteiger partial charge is 0.316 e. The fraction of sp³-hybridized carbons (Fsp3) is 0.840. The van der Waals surface area contributed by atoms with E-state index in [4.69, 9.17) is 4.55 Å². The minimum atomic E-state index is -4.30. The van der Waals surface area contributed by atoms with E-state index in [-0.39, 0.29) is 18.9 Å². The summed E-state index contributed by atoms with van der Waals surface area (Å²) in [4.78, 5) is 14.6. The second kappa shape index (κ2) is 18.0. The predicted octanol–water partition coefficient (Wildman–Crippen LogP) is 3.17. The molecule has 0 aromatic rings. The second-order valence-corrected chi connectivity index (χ2v) is 10.8. The highest BCUT2D eigenvalue weighted by Crippen LogP contribution is 2.12. The minimum absolute atomic E-state index is 0.0541. The van der Waals surface area contributed by atoms with Crippen molar-refractivity contribution in [2.75, 3.05) is 38.5 Å². The lowest BCUT2D eigenvalue weighted by molar-refractivity contribution is -0.525. The van der Waals surface area contributed by atoms with Gasteiger partial charge in [0.1, 0.15) is 38.0 Å². The van der Waals surface area contributed by atoms with Gasteiger partial charge in [0.05, 0.1) is 6.61 Å². The Hall–Kier alpha value is -1.29. The first-order valence-electron chi connectivity index (χ1n) is 13.1. The molecule has 1 atom stereocenters. The summed E-state index contributed by atoms with van der Waals surface area (Å²) >= 11 is 0. The van der Waals surface area contributed by atoms with Crippen molar-refractivity contribution in [2.24, 2.45) is 0 Å². The van der Waals surface area contributed by atoms with Crippen molar-refractivity contribution >= 4 is 21.7 Å². The van der Waals surface area contributed by atoms with Crippen molar-refractivity contribution in [3.63, 3.8) is 0 Å². The summed E-state index contributed by atoms with van der Waals surface area (Å²) < 4.78 is 32.6. The number of carbonyl (C=O) groups excluding carboxylic acids is 1. The van der Waals surface area contributed by atoms with Crippen molar-refractivity contribution in [2.45, 2.75) is 96.5 Å². The van der Waals surface area contributed by atoms with Gasteiger partial charge in [0.2, 0.25) is 5.78 Å². The van der Waals surface area contributed by atoms with Crippen LogP contribution in [0.25, 0.3) is 0 Å². The lowest BCUT2D eigenvalue weighted by atomic mass is 10.1. The van der Waals surface area contributed by atoms with E-state index >= 15 is 0 Å². The van der Waals surface area contributed by atoms with Crippen molar-refractivity contribution in [1.82, 2.24) is 4.90 Å².